The van der Waals surface area contributed by atoms with Gasteiger partial charge in [-0.25, -0.2) is 8.42 Å². The van der Waals surface area contributed by atoms with Crippen molar-refractivity contribution in [3.8, 4) is 0 Å². The molecule has 2 rings (SSSR count). The van der Waals surface area contributed by atoms with Crippen molar-refractivity contribution in [2.75, 3.05) is 0 Å². The molecule has 0 aromatic heterocycles. The van der Waals surface area contributed by atoms with E-state index in [-0.39, 0.29) is 16.8 Å². The summed E-state index contributed by atoms with van der Waals surface area (Å²) in [6, 6.07) is 4.53. The van der Waals surface area contributed by atoms with Crippen molar-refractivity contribution in [3.05, 3.63) is 29.3 Å². The fraction of sp³-hybridized carbons (Fsp3) is 0.533. The molecule has 21 heavy (non-hydrogen) atoms. The van der Waals surface area contributed by atoms with Gasteiger partial charge in [-0.15, -0.1) is 0 Å². The lowest BCUT2D eigenvalue weighted by Gasteiger charge is -2.27. The van der Waals surface area contributed by atoms with Crippen molar-refractivity contribution in [1.82, 2.24) is 5.32 Å². The maximum atomic E-state index is 12.3. The number of carbonyl (C=O) groups is 1. The third kappa shape index (κ3) is 4.20. The van der Waals surface area contributed by atoms with Gasteiger partial charge in [-0.2, -0.15) is 0 Å². The summed E-state index contributed by atoms with van der Waals surface area (Å²) in [6.45, 7) is 4.00. The Kier molecular flexibility index (Phi) is 4.94. The summed E-state index contributed by atoms with van der Waals surface area (Å²) in [5.74, 6) is 0.485. The van der Waals surface area contributed by atoms with Gasteiger partial charge >= 0.3 is 0 Å². The van der Waals surface area contributed by atoms with Crippen LogP contribution in [0.25, 0.3) is 0 Å². The van der Waals surface area contributed by atoms with Crippen LogP contribution in [-0.2, 0) is 9.05 Å². The number of hydrogen-bond donors (Lipinski definition) is 1. The molecular weight excluding hydrogens is 310 g/mol. The number of aryl methyl sites for hydroxylation is 1. The molecule has 0 bridgehead atoms. The van der Waals surface area contributed by atoms with Crippen LogP contribution >= 0.6 is 10.7 Å². The smallest absolute Gasteiger partial charge is 0.261 e. The second-order valence-electron chi connectivity index (χ2n) is 5.84. The first-order valence-corrected chi connectivity index (χ1v) is 9.44. The first-order valence-electron chi connectivity index (χ1n) is 7.13. The number of hydrogen-bond acceptors (Lipinski definition) is 3. The van der Waals surface area contributed by atoms with Gasteiger partial charge in [0.25, 0.3) is 15.0 Å². The summed E-state index contributed by atoms with van der Waals surface area (Å²) in [6.07, 6.45) is 4.17. The Morgan fingerprint density at radius 2 is 1.86 bits per heavy atom. The van der Waals surface area contributed by atoms with Crippen LogP contribution in [0, 0.1) is 12.8 Å². The van der Waals surface area contributed by atoms with E-state index in [9.17, 15) is 13.2 Å². The molecule has 0 saturated heterocycles. The van der Waals surface area contributed by atoms with Crippen molar-refractivity contribution in [2.24, 2.45) is 5.92 Å². The van der Waals surface area contributed by atoms with Gasteiger partial charge < -0.3 is 5.32 Å². The average molecular weight is 330 g/mol. The molecule has 0 spiro atoms. The van der Waals surface area contributed by atoms with Crippen LogP contribution < -0.4 is 5.32 Å². The summed E-state index contributed by atoms with van der Waals surface area (Å²) in [5.41, 5.74) is 1.11. The zero-order chi connectivity index (χ0) is 15.6. The van der Waals surface area contributed by atoms with Gasteiger partial charge in [0.1, 0.15) is 0 Å². The molecule has 1 N–H and O–H groups in total. The molecule has 6 heteroatoms. The highest BCUT2D eigenvalue weighted by Crippen LogP contribution is 2.24. The standard InChI is InChI=1S/C15H20ClNO3S/c1-10-3-6-12(7-4-10)17-15(18)14-9-13(21(16,19)20)8-5-11(14)2/h5,8-10,12H,3-4,6-7H2,1-2H3,(H,17,18). The number of benzene rings is 1. The third-order valence-corrected chi connectivity index (χ3v) is 5.44. The van der Waals surface area contributed by atoms with E-state index >= 15 is 0 Å². The minimum atomic E-state index is -3.82. The van der Waals surface area contributed by atoms with Crippen molar-refractivity contribution in [3.63, 3.8) is 0 Å². The van der Waals surface area contributed by atoms with Crippen LogP contribution in [0.5, 0.6) is 0 Å². The largest absolute Gasteiger partial charge is 0.349 e. The Morgan fingerprint density at radius 1 is 1.24 bits per heavy atom. The second kappa shape index (κ2) is 6.36. The Labute approximate surface area is 130 Å². The maximum Gasteiger partial charge on any atom is 0.261 e. The monoisotopic (exact) mass is 329 g/mol. The molecule has 1 aliphatic carbocycles. The molecule has 0 heterocycles. The van der Waals surface area contributed by atoms with Gasteiger partial charge in [0.05, 0.1) is 4.90 Å². The average Bonchev–Trinajstić information content (AvgIpc) is 2.40. The Bertz CT molecular complexity index is 634. The lowest BCUT2D eigenvalue weighted by Crippen LogP contribution is -2.37. The minimum absolute atomic E-state index is 0.0443. The molecule has 1 aromatic carbocycles. The molecular formula is C15H20ClNO3S. The van der Waals surface area contributed by atoms with Gasteiger partial charge in [-0.1, -0.05) is 13.0 Å². The van der Waals surface area contributed by atoms with Crippen LogP contribution in [0.1, 0.15) is 48.5 Å². The molecule has 1 amide bonds. The topological polar surface area (TPSA) is 63.2 Å². The zero-order valence-electron chi connectivity index (χ0n) is 12.2. The van der Waals surface area contributed by atoms with E-state index in [4.69, 9.17) is 10.7 Å². The fourth-order valence-electron chi connectivity index (χ4n) is 2.66. The Balaban J connectivity index is 2.15. The van der Waals surface area contributed by atoms with E-state index in [0.29, 0.717) is 11.5 Å². The molecule has 1 fully saturated rings. The van der Waals surface area contributed by atoms with Crippen molar-refractivity contribution >= 4 is 25.6 Å². The highest BCUT2D eigenvalue weighted by atomic mass is 35.7. The molecule has 1 aliphatic rings. The predicted molar refractivity (Wildman–Crippen MR) is 83.1 cm³/mol. The molecule has 0 atom stereocenters. The summed E-state index contributed by atoms with van der Waals surface area (Å²) >= 11 is 0. The lowest BCUT2D eigenvalue weighted by atomic mass is 9.87. The van der Waals surface area contributed by atoms with Gasteiger partial charge in [-0.3, -0.25) is 4.79 Å². The molecule has 0 unspecified atom stereocenters. The number of rotatable bonds is 3. The highest BCUT2D eigenvalue weighted by Gasteiger charge is 2.22. The molecule has 116 valence electrons. The fourth-order valence-corrected chi connectivity index (χ4v) is 3.44. The first-order chi connectivity index (χ1) is 9.77. The number of carbonyl (C=O) groups excluding carboxylic acids is 1. The van der Waals surface area contributed by atoms with Gasteiger partial charge in [-0.05, 0) is 56.2 Å². The second-order valence-corrected chi connectivity index (χ2v) is 8.41. The van der Waals surface area contributed by atoms with E-state index in [1.807, 2.05) is 0 Å². The predicted octanol–water partition coefficient (Wildman–Crippen LogP) is 3.23. The molecule has 0 radical (unpaired) electrons. The van der Waals surface area contributed by atoms with Crippen LogP contribution in [-0.4, -0.2) is 20.4 Å². The SMILES string of the molecule is Cc1ccc(S(=O)(=O)Cl)cc1C(=O)NC1CCC(C)CC1. The third-order valence-electron chi connectivity index (χ3n) is 4.09. The lowest BCUT2D eigenvalue weighted by molar-refractivity contribution is 0.0922. The Hall–Kier alpha value is -1.07. The summed E-state index contributed by atoms with van der Waals surface area (Å²) in [7, 11) is 1.51. The minimum Gasteiger partial charge on any atom is -0.349 e. The van der Waals surface area contributed by atoms with Crippen molar-refractivity contribution < 1.29 is 13.2 Å². The van der Waals surface area contributed by atoms with E-state index in [1.165, 1.54) is 12.1 Å². The van der Waals surface area contributed by atoms with E-state index in [0.717, 1.165) is 31.2 Å². The van der Waals surface area contributed by atoms with Crippen LogP contribution in [0.3, 0.4) is 0 Å². The van der Waals surface area contributed by atoms with Gasteiger partial charge in [0.15, 0.2) is 0 Å². The van der Waals surface area contributed by atoms with Crippen LogP contribution in [0.4, 0.5) is 0 Å². The number of amides is 1. The van der Waals surface area contributed by atoms with Crippen molar-refractivity contribution in [2.45, 2.75) is 50.5 Å². The molecule has 1 saturated carbocycles. The molecule has 1 aromatic rings. The molecule has 0 aliphatic heterocycles. The van der Waals surface area contributed by atoms with E-state index < -0.39 is 9.05 Å². The van der Waals surface area contributed by atoms with Crippen molar-refractivity contribution in [1.29, 1.82) is 0 Å². The highest BCUT2D eigenvalue weighted by molar-refractivity contribution is 8.13. The summed E-state index contributed by atoms with van der Waals surface area (Å²) in [5, 5.41) is 3.00. The van der Waals surface area contributed by atoms with Crippen LogP contribution in [0.15, 0.2) is 23.1 Å². The first kappa shape index (κ1) is 16.3. The van der Waals surface area contributed by atoms with E-state index in [2.05, 4.69) is 12.2 Å². The number of nitrogens with one attached hydrogen (secondary N) is 1. The Morgan fingerprint density at radius 3 is 2.43 bits per heavy atom. The zero-order valence-corrected chi connectivity index (χ0v) is 13.8. The summed E-state index contributed by atoms with van der Waals surface area (Å²) < 4.78 is 22.8. The van der Waals surface area contributed by atoms with Gasteiger partial charge in [0.2, 0.25) is 0 Å². The normalized spacial score (nSPS) is 22.8. The van der Waals surface area contributed by atoms with Crippen LogP contribution in [0.2, 0.25) is 0 Å². The molecule has 4 nitrogen and oxygen atoms in total. The van der Waals surface area contributed by atoms with E-state index in [1.54, 1.807) is 13.0 Å². The summed E-state index contributed by atoms with van der Waals surface area (Å²) in [4.78, 5) is 12.3. The van der Waals surface area contributed by atoms with Gasteiger partial charge in [0, 0.05) is 22.3 Å². The maximum absolute atomic E-state index is 12.3. The number of halogens is 1. The quantitative estimate of drug-likeness (QED) is 0.866.